The standard InChI is InChI=1S/C32H24F5O3S2/c1-31(2,20-19-22-3-11-26(12-4-22)41-32(35,36)37)40-30(38)21-39-25-9-17-29(18-10-25)42(27-13-5-23(33)6-14-27)28-15-7-24(34)8-16-28/h3-18H,21H2,1-2H3/q+1. The summed E-state index contributed by atoms with van der Waals surface area (Å²) in [7, 11) is -0.637. The Morgan fingerprint density at radius 2 is 1.24 bits per heavy atom. The molecule has 0 saturated carbocycles. The van der Waals surface area contributed by atoms with E-state index < -0.39 is 28.0 Å². The summed E-state index contributed by atoms with van der Waals surface area (Å²) in [4.78, 5) is 15.1. The van der Waals surface area contributed by atoms with E-state index in [-0.39, 0.29) is 34.9 Å². The lowest BCUT2D eigenvalue weighted by Crippen LogP contribution is -2.29. The van der Waals surface area contributed by atoms with Gasteiger partial charge in [-0.15, -0.1) is 0 Å². The molecule has 0 aliphatic rings. The Morgan fingerprint density at radius 1 is 0.762 bits per heavy atom. The first-order valence-corrected chi connectivity index (χ1v) is 14.5. The number of hydrogen-bond donors (Lipinski definition) is 0. The number of benzene rings is 4. The van der Waals surface area contributed by atoms with Gasteiger partial charge in [-0.05, 0) is 123 Å². The number of thioether (sulfide) groups is 1. The molecule has 3 nitrogen and oxygen atoms in total. The molecule has 0 unspecified atom stereocenters. The fraction of sp³-hybridized carbons (Fsp3) is 0.156. The number of ether oxygens (including phenoxy) is 2. The van der Waals surface area contributed by atoms with Gasteiger partial charge in [-0.1, -0.05) is 11.8 Å². The summed E-state index contributed by atoms with van der Waals surface area (Å²) in [5.74, 6) is 4.65. The molecule has 0 spiro atoms. The molecule has 4 aromatic carbocycles. The van der Waals surface area contributed by atoms with E-state index in [0.717, 1.165) is 14.7 Å². The fourth-order valence-corrected chi connectivity index (χ4v) is 6.25. The van der Waals surface area contributed by atoms with Crippen LogP contribution in [-0.2, 0) is 20.4 Å². The maximum atomic E-state index is 13.6. The van der Waals surface area contributed by atoms with Crippen LogP contribution in [0.5, 0.6) is 5.75 Å². The summed E-state index contributed by atoms with van der Waals surface area (Å²) in [6.07, 6.45) is 0. The van der Waals surface area contributed by atoms with Crippen molar-refractivity contribution in [3.63, 3.8) is 0 Å². The second kappa shape index (κ2) is 13.4. The molecule has 0 atom stereocenters. The number of alkyl halides is 3. The number of halogens is 5. The first-order chi connectivity index (χ1) is 19.9. The molecule has 0 amide bonds. The normalized spacial score (nSPS) is 11.5. The van der Waals surface area contributed by atoms with Gasteiger partial charge in [-0.3, -0.25) is 0 Å². The molecule has 0 aliphatic carbocycles. The number of rotatable bonds is 8. The maximum Gasteiger partial charge on any atom is 0.446 e. The van der Waals surface area contributed by atoms with E-state index >= 15 is 0 Å². The minimum Gasteiger partial charge on any atom is -0.482 e. The molecular formula is C32H24F5O3S2+. The zero-order valence-electron chi connectivity index (χ0n) is 22.4. The summed E-state index contributed by atoms with van der Waals surface area (Å²) in [6.45, 7) is 2.80. The summed E-state index contributed by atoms with van der Waals surface area (Å²) in [5.41, 5.74) is -5.07. The SMILES string of the molecule is CC(C)(C#Cc1ccc(SC(F)(F)F)cc1)OC(=O)COc1ccc([S+](c2ccc(F)cc2)c2ccc(F)cc2)cc1. The van der Waals surface area contributed by atoms with Gasteiger partial charge in [0.15, 0.2) is 26.9 Å². The lowest BCUT2D eigenvalue weighted by molar-refractivity contribution is -0.154. The van der Waals surface area contributed by atoms with E-state index in [2.05, 4.69) is 11.8 Å². The van der Waals surface area contributed by atoms with Crippen molar-refractivity contribution in [2.75, 3.05) is 6.61 Å². The third kappa shape index (κ3) is 9.29. The second-order valence-corrected chi connectivity index (χ2v) is 12.4. The molecule has 42 heavy (non-hydrogen) atoms. The molecule has 0 N–H and O–H groups in total. The molecule has 0 radical (unpaired) electrons. The van der Waals surface area contributed by atoms with Crippen LogP contribution >= 0.6 is 11.8 Å². The third-order valence-corrected chi connectivity index (χ3v) is 8.45. The largest absolute Gasteiger partial charge is 0.482 e. The topological polar surface area (TPSA) is 35.5 Å². The third-order valence-electron chi connectivity index (χ3n) is 5.48. The summed E-state index contributed by atoms with van der Waals surface area (Å²) >= 11 is -0.210. The zero-order valence-corrected chi connectivity index (χ0v) is 24.0. The Hall–Kier alpha value is -3.94. The van der Waals surface area contributed by atoms with Gasteiger partial charge in [-0.2, -0.15) is 13.2 Å². The van der Waals surface area contributed by atoms with Crippen LogP contribution in [0.3, 0.4) is 0 Å². The van der Waals surface area contributed by atoms with Crippen molar-refractivity contribution in [1.29, 1.82) is 0 Å². The molecule has 0 aromatic heterocycles. The van der Waals surface area contributed by atoms with Crippen molar-refractivity contribution in [3.05, 3.63) is 114 Å². The van der Waals surface area contributed by atoms with Crippen LogP contribution in [0, 0.1) is 23.5 Å². The van der Waals surface area contributed by atoms with Gasteiger partial charge in [0, 0.05) is 10.5 Å². The van der Waals surface area contributed by atoms with Crippen molar-refractivity contribution in [1.82, 2.24) is 0 Å². The van der Waals surface area contributed by atoms with E-state index in [9.17, 15) is 26.7 Å². The lowest BCUT2D eigenvalue weighted by atomic mass is 10.1. The Labute approximate surface area is 247 Å². The van der Waals surface area contributed by atoms with Crippen LogP contribution in [0.15, 0.2) is 117 Å². The van der Waals surface area contributed by atoms with Crippen molar-refractivity contribution >= 4 is 28.6 Å². The van der Waals surface area contributed by atoms with Crippen LogP contribution in [0.2, 0.25) is 0 Å². The highest BCUT2D eigenvalue weighted by atomic mass is 32.2. The predicted molar refractivity (Wildman–Crippen MR) is 152 cm³/mol. The monoisotopic (exact) mass is 615 g/mol. The Kier molecular flexibility index (Phi) is 9.86. The molecule has 0 bridgehead atoms. The van der Waals surface area contributed by atoms with Crippen molar-refractivity contribution in [3.8, 4) is 17.6 Å². The van der Waals surface area contributed by atoms with Crippen LogP contribution in [0.4, 0.5) is 22.0 Å². The Balaban J connectivity index is 1.37. The van der Waals surface area contributed by atoms with Crippen LogP contribution in [0.1, 0.15) is 19.4 Å². The smallest absolute Gasteiger partial charge is 0.446 e. The van der Waals surface area contributed by atoms with Crippen LogP contribution in [-0.4, -0.2) is 23.7 Å². The van der Waals surface area contributed by atoms with Gasteiger partial charge in [0.05, 0.1) is 10.9 Å². The average Bonchev–Trinajstić information content (AvgIpc) is 2.93. The van der Waals surface area contributed by atoms with Gasteiger partial charge >= 0.3 is 11.5 Å². The molecule has 0 aliphatic heterocycles. The van der Waals surface area contributed by atoms with E-state index in [0.29, 0.717) is 11.3 Å². The Bertz CT molecular complexity index is 1510. The fourth-order valence-electron chi connectivity index (χ4n) is 3.67. The molecule has 10 heteroatoms. The number of esters is 1. The van der Waals surface area contributed by atoms with Crippen LogP contribution < -0.4 is 4.74 Å². The minimum atomic E-state index is -4.37. The van der Waals surface area contributed by atoms with Gasteiger partial charge in [-0.25, -0.2) is 13.6 Å². The molecule has 0 fully saturated rings. The highest BCUT2D eigenvalue weighted by molar-refractivity contribution is 8.00. The van der Waals surface area contributed by atoms with Gasteiger partial charge in [0.25, 0.3) is 0 Å². The quantitative estimate of drug-likeness (QED) is 0.0656. The van der Waals surface area contributed by atoms with Gasteiger partial charge in [0.2, 0.25) is 0 Å². The van der Waals surface area contributed by atoms with Crippen molar-refractivity contribution in [2.45, 2.75) is 44.5 Å². The first kappa shape index (κ1) is 31.0. The predicted octanol–water partition coefficient (Wildman–Crippen LogP) is 8.42. The van der Waals surface area contributed by atoms with E-state index in [4.69, 9.17) is 9.47 Å². The molecule has 216 valence electrons. The molecule has 0 saturated heterocycles. The molecule has 4 aromatic rings. The number of carbonyl (C=O) groups excluding carboxylic acids is 1. The molecule has 0 heterocycles. The minimum absolute atomic E-state index is 0.0471. The highest BCUT2D eigenvalue weighted by Gasteiger charge is 2.30. The summed E-state index contributed by atoms with van der Waals surface area (Å²) in [5, 5.41) is 0. The summed E-state index contributed by atoms with van der Waals surface area (Å²) in [6, 6.07) is 24.9. The molecular weight excluding hydrogens is 591 g/mol. The van der Waals surface area contributed by atoms with E-state index in [1.807, 2.05) is 12.1 Å². The van der Waals surface area contributed by atoms with E-state index in [1.54, 1.807) is 50.2 Å². The average molecular weight is 616 g/mol. The van der Waals surface area contributed by atoms with Gasteiger partial charge in [0.1, 0.15) is 17.4 Å². The lowest BCUT2D eigenvalue weighted by Gasteiger charge is -2.19. The van der Waals surface area contributed by atoms with Crippen LogP contribution in [0.25, 0.3) is 0 Å². The molecule has 4 rings (SSSR count). The Morgan fingerprint density at radius 3 is 1.71 bits per heavy atom. The highest BCUT2D eigenvalue weighted by Crippen LogP contribution is 2.36. The summed E-state index contributed by atoms with van der Waals surface area (Å²) < 4.78 is 75.6. The number of carbonyl (C=O) groups is 1. The second-order valence-electron chi connectivity index (χ2n) is 9.28. The van der Waals surface area contributed by atoms with Crippen molar-refractivity contribution < 1.29 is 36.2 Å². The van der Waals surface area contributed by atoms with E-state index in [1.165, 1.54) is 48.5 Å². The maximum absolute atomic E-state index is 13.6. The van der Waals surface area contributed by atoms with Crippen molar-refractivity contribution in [2.24, 2.45) is 0 Å². The van der Waals surface area contributed by atoms with Gasteiger partial charge < -0.3 is 9.47 Å². The first-order valence-electron chi connectivity index (χ1n) is 12.5. The zero-order chi connectivity index (χ0) is 30.3. The number of hydrogen-bond acceptors (Lipinski definition) is 4.